The summed E-state index contributed by atoms with van der Waals surface area (Å²) in [4.78, 5) is 8.68. The Labute approximate surface area is 81.3 Å². The van der Waals surface area contributed by atoms with Gasteiger partial charge < -0.3 is 0 Å². The van der Waals surface area contributed by atoms with Gasteiger partial charge in [-0.2, -0.15) is 5.10 Å². The minimum absolute atomic E-state index is 0.875. The van der Waals surface area contributed by atoms with E-state index in [2.05, 4.69) is 15.6 Å². The fourth-order valence-electron chi connectivity index (χ4n) is 1.17. The molecule has 2 rings (SSSR count). The summed E-state index contributed by atoms with van der Waals surface area (Å²) < 4.78 is 1.68. The van der Waals surface area contributed by atoms with Gasteiger partial charge in [0.15, 0.2) is 0 Å². The van der Waals surface area contributed by atoms with E-state index in [1.165, 1.54) is 6.33 Å². The van der Waals surface area contributed by atoms with E-state index in [4.69, 9.17) is 4.84 Å². The molecule has 14 heavy (non-hydrogen) atoms. The third-order valence-electron chi connectivity index (χ3n) is 1.75. The molecular formula is C9H10N4O. The van der Waals surface area contributed by atoms with Gasteiger partial charge in [-0.15, -0.1) is 0 Å². The molecule has 0 saturated carbocycles. The predicted octanol–water partition coefficient (Wildman–Crippen LogP) is 1.24. The molecule has 1 aromatic carbocycles. The fraction of sp³-hybridized carbons (Fsp3) is 0.111. The maximum absolute atomic E-state index is 4.80. The van der Waals surface area contributed by atoms with E-state index in [1.54, 1.807) is 18.1 Å². The zero-order valence-corrected chi connectivity index (χ0v) is 7.71. The maximum atomic E-state index is 4.80. The maximum Gasteiger partial charge on any atom is 0.138 e. The molecule has 0 spiro atoms. The average molecular weight is 190 g/mol. The number of hydrogen-bond donors (Lipinski definition) is 1. The molecule has 5 nitrogen and oxygen atoms in total. The number of benzene rings is 1. The van der Waals surface area contributed by atoms with Crippen molar-refractivity contribution >= 4 is 5.69 Å². The van der Waals surface area contributed by atoms with E-state index in [-0.39, 0.29) is 0 Å². The van der Waals surface area contributed by atoms with Crippen LogP contribution >= 0.6 is 0 Å². The van der Waals surface area contributed by atoms with Gasteiger partial charge in [0.1, 0.15) is 12.7 Å². The Morgan fingerprint density at radius 3 is 3.07 bits per heavy atom. The summed E-state index contributed by atoms with van der Waals surface area (Å²) in [7, 11) is 1.57. The number of anilines is 1. The first kappa shape index (κ1) is 8.71. The van der Waals surface area contributed by atoms with Crippen LogP contribution in [0.4, 0.5) is 5.69 Å². The van der Waals surface area contributed by atoms with Crippen molar-refractivity contribution in [2.45, 2.75) is 0 Å². The summed E-state index contributed by atoms with van der Waals surface area (Å²) in [6.45, 7) is 0. The smallest absolute Gasteiger partial charge is 0.138 e. The van der Waals surface area contributed by atoms with Gasteiger partial charge in [0.25, 0.3) is 0 Å². The standard InChI is InChI=1S/C9H10N4O/c1-14-12-8-3-2-4-9(5-8)13-7-10-6-11-13/h2-7,12H,1H3. The van der Waals surface area contributed by atoms with Gasteiger partial charge in [-0.3, -0.25) is 10.3 Å². The normalized spacial score (nSPS) is 10.1. The van der Waals surface area contributed by atoms with E-state index in [9.17, 15) is 0 Å². The Bertz CT molecular complexity index is 399. The van der Waals surface area contributed by atoms with Crippen LogP contribution in [-0.4, -0.2) is 21.9 Å². The van der Waals surface area contributed by atoms with Gasteiger partial charge in [0, 0.05) is 0 Å². The van der Waals surface area contributed by atoms with E-state index >= 15 is 0 Å². The van der Waals surface area contributed by atoms with Crippen molar-refractivity contribution in [2.24, 2.45) is 0 Å². The molecule has 0 unspecified atom stereocenters. The van der Waals surface area contributed by atoms with Crippen LogP contribution < -0.4 is 5.48 Å². The highest BCUT2D eigenvalue weighted by atomic mass is 16.6. The zero-order chi connectivity index (χ0) is 9.80. The predicted molar refractivity (Wildman–Crippen MR) is 52.0 cm³/mol. The first-order valence-electron chi connectivity index (χ1n) is 4.14. The lowest BCUT2D eigenvalue weighted by molar-refractivity contribution is 0.271. The molecule has 2 aromatic rings. The number of nitrogens with one attached hydrogen (secondary N) is 1. The molecule has 0 bridgehead atoms. The zero-order valence-electron chi connectivity index (χ0n) is 7.71. The summed E-state index contributed by atoms with van der Waals surface area (Å²) >= 11 is 0. The third-order valence-corrected chi connectivity index (χ3v) is 1.75. The molecule has 0 saturated heterocycles. The summed E-state index contributed by atoms with van der Waals surface area (Å²) in [5.41, 5.74) is 4.56. The van der Waals surface area contributed by atoms with Crippen molar-refractivity contribution in [3.05, 3.63) is 36.9 Å². The largest absolute Gasteiger partial charge is 0.279 e. The molecule has 0 aliphatic rings. The lowest BCUT2D eigenvalue weighted by Crippen LogP contribution is -1.98. The first-order chi connectivity index (χ1) is 6.90. The molecule has 0 amide bonds. The lowest BCUT2D eigenvalue weighted by Gasteiger charge is -2.05. The van der Waals surface area contributed by atoms with Gasteiger partial charge >= 0.3 is 0 Å². The van der Waals surface area contributed by atoms with Crippen molar-refractivity contribution < 1.29 is 4.84 Å². The van der Waals surface area contributed by atoms with Crippen molar-refractivity contribution in [3.8, 4) is 5.69 Å². The first-order valence-corrected chi connectivity index (χ1v) is 4.14. The minimum atomic E-state index is 0.875. The number of nitrogens with zero attached hydrogens (tertiary/aromatic N) is 3. The monoisotopic (exact) mass is 190 g/mol. The Hall–Kier alpha value is -1.88. The number of aromatic nitrogens is 3. The molecule has 72 valence electrons. The van der Waals surface area contributed by atoms with Gasteiger partial charge in [-0.25, -0.2) is 9.67 Å². The van der Waals surface area contributed by atoms with Crippen molar-refractivity contribution in [3.63, 3.8) is 0 Å². The van der Waals surface area contributed by atoms with Crippen molar-refractivity contribution in [1.29, 1.82) is 0 Å². The van der Waals surface area contributed by atoms with Gasteiger partial charge in [0.05, 0.1) is 18.5 Å². The Morgan fingerprint density at radius 2 is 2.36 bits per heavy atom. The van der Waals surface area contributed by atoms with E-state index in [1.807, 2.05) is 24.3 Å². The van der Waals surface area contributed by atoms with Crippen molar-refractivity contribution in [1.82, 2.24) is 14.8 Å². The van der Waals surface area contributed by atoms with Gasteiger partial charge in [-0.1, -0.05) is 6.07 Å². The highest BCUT2D eigenvalue weighted by molar-refractivity contribution is 5.49. The number of rotatable bonds is 3. The van der Waals surface area contributed by atoms with Crippen LogP contribution in [0.25, 0.3) is 5.69 Å². The molecule has 1 N–H and O–H groups in total. The van der Waals surface area contributed by atoms with Crippen LogP contribution in [0.5, 0.6) is 0 Å². The topological polar surface area (TPSA) is 52.0 Å². The summed E-state index contributed by atoms with van der Waals surface area (Å²) in [5, 5.41) is 4.02. The Balaban J connectivity index is 2.31. The van der Waals surface area contributed by atoms with Crippen LogP contribution in [-0.2, 0) is 4.84 Å². The summed E-state index contributed by atoms with van der Waals surface area (Å²) in [5.74, 6) is 0. The molecular weight excluding hydrogens is 180 g/mol. The molecule has 0 aliphatic carbocycles. The Kier molecular flexibility index (Phi) is 2.42. The second-order valence-corrected chi connectivity index (χ2v) is 2.70. The highest BCUT2D eigenvalue weighted by Crippen LogP contribution is 2.12. The lowest BCUT2D eigenvalue weighted by atomic mass is 10.3. The van der Waals surface area contributed by atoms with Gasteiger partial charge in [-0.05, 0) is 18.2 Å². The highest BCUT2D eigenvalue weighted by Gasteiger charge is 1.97. The summed E-state index contributed by atoms with van der Waals surface area (Å²) in [6.07, 6.45) is 3.14. The molecule has 0 aliphatic heterocycles. The Morgan fingerprint density at radius 1 is 1.43 bits per heavy atom. The van der Waals surface area contributed by atoms with Crippen LogP contribution in [0, 0.1) is 0 Å². The second kappa shape index (κ2) is 3.89. The minimum Gasteiger partial charge on any atom is -0.279 e. The molecule has 0 radical (unpaired) electrons. The molecule has 0 atom stereocenters. The SMILES string of the molecule is CONc1cccc(-n2cncn2)c1. The van der Waals surface area contributed by atoms with E-state index < -0.39 is 0 Å². The quantitative estimate of drug-likeness (QED) is 0.740. The van der Waals surface area contributed by atoms with Gasteiger partial charge in [0.2, 0.25) is 0 Å². The molecule has 1 aromatic heterocycles. The van der Waals surface area contributed by atoms with Crippen LogP contribution in [0.1, 0.15) is 0 Å². The molecule has 1 heterocycles. The fourth-order valence-corrected chi connectivity index (χ4v) is 1.17. The van der Waals surface area contributed by atoms with Crippen LogP contribution in [0.3, 0.4) is 0 Å². The molecule has 0 fully saturated rings. The van der Waals surface area contributed by atoms with Crippen LogP contribution in [0.15, 0.2) is 36.9 Å². The average Bonchev–Trinajstić information content (AvgIpc) is 2.71. The second-order valence-electron chi connectivity index (χ2n) is 2.70. The third kappa shape index (κ3) is 1.72. The van der Waals surface area contributed by atoms with E-state index in [0.717, 1.165) is 11.4 Å². The van der Waals surface area contributed by atoms with Crippen molar-refractivity contribution in [2.75, 3.05) is 12.6 Å². The number of hydrogen-bond acceptors (Lipinski definition) is 4. The summed E-state index contributed by atoms with van der Waals surface area (Å²) in [6, 6.07) is 7.68. The van der Waals surface area contributed by atoms with Crippen LogP contribution in [0.2, 0.25) is 0 Å². The molecule has 5 heteroatoms. The van der Waals surface area contributed by atoms with E-state index in [0.29, 0.717) is 0 Å².